The molecule has 2 saturated heterocycles. The second-order valence-electron chi connectivity index (χ2n) is 9.28. The van der Waals surface area contributed by atoms with Crippen LogP contribution >= 0.6 is 23.4 Å². The highest BCUT2D eigenvalue weighted by molar-refractivity contribution is 7.99. The predicted molar refractivity (Wildman–Crippen MR) is 136 cm³/mol. The van der Waals surface area contributed by atoms with Crippen molar-refractivity contribution in [2.24, 2.45) is 5.92 Å². The lowest BCUT2D eigenvalue weighted by Crippen LogP contribution is -2.42. The van der Waals surface area contributed by atoms with E-state index in [1.807, 2.05) is 11.0 Å². The average molecular weight is 488 g/mol. The van der Waals surface area contributed by atoms with Gasteiger partial charge >= 0.3 is 0 Å². The lowest BCUT2D eigenvalue weighted by molar-refractivity contribution is -0.129. The van der Waals surface area contributed by atoms with Crippen LogP contribution in [-0.4, -0.2) is 77.7 Å². The van der Waals surface area contributed by atoms with Crippen LogP contribution in [0.3, 0.4) is 0 Å². The zero-order valence-electron chi connectivity index (χ0n) is 19.6. The number of hydrogen-bond acceptors (Lipinski definition) is 6. The molecule has 0 spiro atoms. The molecule has 0 saturated carbocycles. The van der Waals surface area contributed by atoms with Crippen LogP contribution in [0.5, 0.6) is 0 Å². The zero-order valence-corrected chi connectivity index (χ0v) is 21.2. The predicted octanol–water partition coefficient (Wildman–Crippen LogP) is 4.23. The number of likely N-dealkylation sites (tertiary alicyclic amines) is 2. The first-order chi connectivity index (χ1) is 16.0. The van der Waals surface area contributed by atoms with Gasteiger partial charge in [0.2, 0.25) is 5.91 Å². The summed E-state index contributed by atoms with van der Waals surface area (Å²) in [5.74, 6) is 1.99. The minimum Gasteiger partial charge on any atom is -0.356 e. The van der Waals surface area contributed by atoms with Gasteiger partial charge in [-0.25, -0.2) is 9.97 Å². The van der Waals surface area contributed by atoms with E-state index in [4.69, 9.17) is 16.6 Å². The summed E-state index contributed by atoms with van der Waals surface area (Å²) in [6.45, 7) is 3.84. The van der Waals surface area contributed by atoms with Crippen molar-refractivity contribution in [3.05, 3.63) is 47.1 Å². The van der Waals surface area contributed by atoms with E-state index >= 15 is 0 Å². The number of hydrogen-bond donors (Lipinski definition) is 0. The minimum absolute atomic E-state index is 0.159. The Morgan fingerprint density at radius 1 is 1.09 bits per heavy atom. The Labute approximate surface area is 206 Å². The van der Waals surface area contributed by atoms with Crippen LogP contribution < -0.4 is 4.90 Å². The molecule has 1 aromatic carbocycles. The van der Waals surface area contributed by atoms with Crippen LogP contribution in [0.15, 0.2) is 41.6 Å². The fourth-order valence-electron chi connectivity index (χ4n) is 4.75. The van der Waals surface area contributed by atoms with Gasteiger partial charge in [-0.1, -0.05) is 53.7 Å². The van der Waals surface area contributed by atoms with Gasteiger partial charge in [-0.2, -0.15) is 0 Å². The van der Waals surface area contributed by atoms with E-state index in [-0.39, 0.29) is 5.91 Å². The van der Waals surface area contributed by atoms with Crippen molar-refractivity contribution in [1.29, 1.82) is 0 Å². The zero-order chi connectivity index (χ0) is 23.2. The van der Waals surface area contributed by atoms with Gasteiger partial charge < -0.3 is 14.7 Å². The summed E-state index contributed by atoms with van der Waals surface area (Å²) in [6.07, 6.45) is 5.43. The lowest BCUT2D eigenvalue weighted by Gasteiger charge is -2.35. The Morgan fingerprint density at radius 2 is 1.79 bits per heavy atom. The fraction of sp³-hybridized carbons (Fsp3) is 0.560. The molecule has 2 aliphatic rings. The molecule has 2 aliphatic heterocycles. The van der Waals surface area contributed by atoms with Gasteiger partial charge in [0, 0.05) is 32.2 Å². The summed E-state index contributed by atoms with van der Waals surface area (Å²) < 4.78 is 0. The second kappa shape index (κ2) is 11.5. The van der Waals surface area contributed by atoms with Crippen molar-refractivity contribution in [3.63, 3.8) is 0 Å². The first-order valence-electron chi connectivity index (χ1n) is 11.9. The van der Waals surface area contributed by atoms with E-state index < -0.39 is 0 Å². The molecule has 0 N–H and O–H groups in total. The molecule has 4 rings (SSSR count). The maximum Gasteiger partial charge on any atom is 0.233 e. The number of thioether (sulfide) groups is 1. The number of rotatable bonds is 7. The van der Waals surface area contributed by atoms with Crippen molar-refractivity contribution in [2.45, 2.75) is 43.3 Å². The number of benzene rings is 1. The number of piperidine rings is 2. The molecule has 0 bridgehead atoms. The highest BCUT2D eigenvalue weighted by atomic mass is 35.5. The molecule has 178 valence electrons. The quantitative estimate of drug-likeness (QED) is 0.331. The molecule has 2 aromatic rings. The Kier molecular flexibility index (Phi) is 8.50. The largest absolute Gasteiger partial charge is 0.356 e. The average Bonchev–Trinajstić information content (AvgIpc) is 2.83. The van der Waals surface area contributed by atoms with Crippen LogP contribution in [0.25, 0.3) is 0 Å². The molecule has 0 aliphatic carbocycles. The van der Waals surface area contributed by atoms with Crippen molar-refractivity contribution in [1.82, 2.24) is 19.8 Å². The standard InChI is InChI=1S/C25H34ClN5OS/c1-29-12-10-21(11-13-29)30(2)23-17-22(26)27-25(28-23)33-18-24(32)31-14-8-20(9-15-31)16-19-6-4-3-5-7-19/h3-7,17,20-21H,8-16,18H2,1-2H3. The topological polar surface area (TPSA) is 52.6 Å². The van der Waals surface area contributed by atoms with Crippen LogP contribution in [0.1, 0.15) is 31.2 Å². The maximum atomic E-state index is 12.8. The third kappa shape index (κ3) is 6.84. The summed E-state index contributed by atoms with van der Waals surface area (Å²) in [5, 5.41) is 1.00. The van der Waals surface area contributed by atoms with E-state index in [0.29, 0.717) is 28.0 Å². The SMILES string of the molecule is CN1CCC(N(C)c2cc(Cl)nc(SCC(=O)N3CCC(Cc4ccccc4)CC3)n2)CC1. The first-order valence-corrected chi connectivity index (χ1v) is 13.2. The van der Waals surface area contributed by atoms with E-state index in [0.717, 1.165) is 64.1 Å². The molecule has 0 radical (unpaired) electrons. The molecule has 6 nitrogen and oxygen atoms in total. The van der Waals surface area contributed by atoms with Gasteiger partial charge in [-0.3, -0.25) is 4.79 Å². The van der Waals surface area contributed by atoms with Gasteiger partial charge in [0.05, 0.1) is 5.75 Å². The monoisotopic (exact) mass is 487 g/mol. The highest BCUT2D eigenvalue weighted by Gasteiger charge is 2.24. The third-order valence-corrected chi connectivity index (χ3v) is 7.94. The minimum atomic E-state index is 0.159. The Bertz CT molecular complexity index is 914. The second-order valence-corrected chi connectivity index (χ2v) is 10.6. The highest BCUT2D eigenvalue weighted by Crippen LogP contribution is 2.26. The van der Waals surface area contributed by atoms with Crippen molar-refractivity contribution >= 4 is 35.1 Å². The molecular formula is C25H34ClN5OS. The number of halogens is 1. The first kappa shape index (κ1) is 24.3. The van der Waals surface area contributed by atoms with Crippen LogP contribution in [0.2, 0.25) is 5.15 Å². The van der Waals surface area contributed by atoms with Gasteiger partial charge in [-0.05, 0) is 63.7 Å². The molecule has 0 unspecified atom stereocenters. The number of carbonyl (C=O) groups excluding carboxylic acids is 1. The van der Waals surface area contributed by atoms with Crippen LogP contribution in [0.4, 0.5) is 5.82 Å². The van der Waals surface area contributed by atoms with Gasteiger partial charge in [0.15, 0.2) is 5.16 Å². The third-order valence-electron chi connectivity index (χ3n) is 6.92. The molecule has 1 amide bonds. The number of amides is 1. The molecule has 33 heavy (non-hydrogen) atoms. The lowest BCUT2D eigenvalue weighted by atomic mass is 9.90. The molecule has 1 aromatic heterocycles. The molecule has 0 atom stereocenters. The Balaban J connectivity index is 1.27. The molecular weight excluding hydrogens is 454 g/mol. The summed E-state index contributed by atoms with van der Waals surface area (Å²) >= 11 is 7.69. The van der Waals surface area contributed by atoms with E-state index in [9.17, 15) is 4.79 Å². The van der Waals surface area contributed by atoms with E-state index in [2.05, 4.69) is 59.2 Å². The molecule has 2 fully saturated rings. The van der Waals surface area contributed by atoms with Gasteiger partial charge in [0.1, 0.15) is 11.0 Å². The summed E-state index contributed by atoms with van der Waals surface area (Å²) in [5.41, 5.74) is 1.39. The van der Waals surface area contributed by atoms with Crippen molar-refractivity contribution < 1.29 is 4.79 Å². The summed E-state index contributed by atoms with van der Waals surface area (Å²) in [4.78, 5) is 28.5. The number of anilines is 1. The molecule has 8 heteroatoms. The summed E-state index contributed by atoms with van der Waals surface area (Å²) in [7, 11) is 4.24. The Morgan fingerprint density at radius 3 is 2.48 bits per heavy atom. The molecule has 3 heterocycles. The van der Waals surface area contributed by atoms with Crippen LogP contribution in [-0.2, 0) is 11.2 Å². The smallest absolute Gasteiger partial charge is 0.233 e. The van der Waals surface area contributed by atoms with Gasteiger partial charge in [0.25, 0.3) is 0 Å². The van der Waals surface area contributed by atoms with Crippen molar-refractivity contribution in [3.8, 4) is 0 Å². The fourth-order valence-corrected chi connectivity index (χ4v) is 5.74. The number of carbonyl (C=O) groups is 1. The van der Waals surface area contributed by atoms with Crippen LogP contribution in [0, 0.1) is 5.92 Å². The number of nitrogens with zero attached hydrogens (tertiary/aromatic N) is 5. The van der Waals surface area contributed by atoms with E-state index in [1.165, 1.54) is 17.3 Å². The summed E-state index contributed by atoms with van der Waals surface area (Å²) in [6, 6.07) is 12.9. The van der Waals surface area contributed by atoms with E-state index in [1.54, 1.807) is 0 Å². The number of aromatic nitrogens is 2. The van der Waals surface area contributed by atoms with Crippen molar-refractivity contribution in [2.75, 3.05) is 50.9 Å². The normalized spacial score (nSPS) is 18.5. The Hall–Kier alpha value is -1.83. The maximum absolute atomic E-state index is 12.8. The van der Waals surface area contributed by atoms with Gasteiger partial charge in [-0.15, -0.1) is 0 Å².